The molecule has 2 rings (SSSR count). The van der Waals surface area contributed by atoms with E-state index in [4.69, 9.17) is 4.74 Å². The van der Waals surface area contributed by atoms with Gasteiger partial charge in [-0.1, -0.05) is 6.92 Å². The number of rotatable bonds is 6. The van der Waals surface area contributed by atoms with E-state index >= 15 is 0 Å². The number of nitrogens with zero attached hydrogens (tertiary/aromatic N) is 2. The molecule has 0 unspecified atom stereocenters. The van der Waals surface area contributed by atoms with Gasteiger partial charge in [0, 0.05) is 24.2 Å². The van der Waals surface area contributed by atoms with Crippen molar-refractivity contribution in [3.8, 4) is 0 Å². The molecule has 134 valence electrons. The maximum absolute atomic E-state index is 11.8. The molecule has 0 radical (unpaired) electrons. The van der Waals surface area contributed by atoms with E-state index in [-0.39, 0.29) is 11.9 Å². The van der Waals surface area contributed by atoms with Gasteiger partial charge >= 0.3 is 5.97 Å². The van der Waals surface area contributed by atoms with Gasteiger partial charge in [0.05, 0.1) is 19.1 Å². The molecule has 1 saturated carbocycles. The van der Waals surface area contributed by atoms with Gasteiger partial charge in [-0.2, -0.15) is 0 Å². The third kappa shape index (κ3) is 5.47. The van der Waals surface area contributed by atoms with Crippen molar-refractivity contribution in [1.29, 1.82) is 0 Å². The van der Waals surface area contributed by atoms with Crippen LogP contribution in [0.1, 0.15) is 49.4 Å². The van der Waals surface area contributed by atoms with E-state index in [0.717, 1.165) is 43.1 Å². The first-order valence-electron chi connectivity index (χ1n) is 8.73. The topological polar surface area (TPSA) is 75.6 Å². The summed E-state index contributed by atoms with van der Waals surface area (Å²) in [6, 6.07) is 0.351. The third-order valence-corrected chi connectivity index (χ3v) is 5.41. The molecule has 0 aliphatic heterocycles. The molecule has 7 heteroatoms. The normalized spacial score (nSPS) is 21.4. The van der Waals surface area contributed by atoms with Crippen LogP contribution < -0.4 is 10.6 Å². The van der Waals surface area contributed by atoms with E-state index in [0.29, 0.717) is 19.2 Å². The number of aliphatic imine (C=N–C) groups is 1. The van der Waals surface area contributed by atoms with Crippen LogP contribution in [0.15, 0.2) is 11.2 Å². The number of hydrogen-bond donors (Lipinski definition) is 2. The van der Waals surface area contributed by atoms with Crippen molar-refractivity contribution >= 4 is 23.3 Å². The molecule has 1 aromatic heterocycles. The monoisotopic (exact) mass is 352 g/mol. The molecule has 6 nitrogen and oxygen atoms in total. The van der Waals surface area contributed by atoms with Crippen LogP contribution in [0.4, 0.5) is 0 Å². The first-order valence-corrected chi connectivity index (χ1v) is 9.55. The number of carbonyl (C=O) groups excluding carboxylic acids is 1. The van der Waals surface area contributed by atoms with Crippen LogP contribution in [-0.4, -0.2) is 36.6 Å². The standard InChI is InChI=1S/C17H28N4O2S/c1-4-14-10-19-15(24-14)11-20-17(18-3)21-13-8-6-12(7-9-13)16(22)23-5-2/h10,12-13H,4-9,11H2,1-3H3,(H2,18,20,21). The van der Waals surface area contributed by atoms with Gasteiger partial charge in [0.2, 0.25) is 0 Å². The minimum atomic E-state index is -0.0473. The maximum atomic E-state index is 11.8. The highest BCUT2D eigenvalue weighted by Gasteiger charge is 2.27. The number of nitrogens with one attached hydrogen (secondary N) is 2. The quantitative estimate of drug-likeness (QED) is 0.467. The van der Waals surface area contributed by atoms with E-state index in [1.807, 2.05) is 13.1 Å². The predicted octanol–water partition coefficient (Wildman–Crippen LogP) is 2.49. The molecule has 1 fully saturated rings. The number of carbonyl (C=O) groups is 1. The molecular formula is C17H28N4O2S. The van der Waals surface area contributed by atoms with Crippen LogP contribution in [-0.2, 0) is 22.5 Å². The lowest BCUT2D eigenvalue weighted by Crippen LogP contribution is -2.45. The molecule has 0 amide bonds. The van der Waals surface area contributed by atoms with E-state index in [1.165, 1.54) is 4.88 Å². The van der Waals surface area contributed by atoms with Crippen molar-refractivity contribution in [1.82, 2.24) is 15.6 Å². The first kappa shape index (κ1) is 18.7. The van der Waals surface area contributed by atoms with Crippen LogP contribution >= 0.6 is 11.3 Å². The summed E-state index contributed by atoms with van der Waals surface area (Å²) in [6.45, 7) is 5.14. The summed E-state index contributed by atoms with van der Waals surface area (Å²) in [7, 11) is 1.78. The highest BCUT2D eigenvalue weighted by molar-refractivity contribution is 7.11. The Morgan fingerprint density at radius 1 is 1.38 bits per heavy atom. The summed E-state index contributed by atoms with van der Waals surface area (Å²) in [5, 5.41) is 7.84. The smallest absolute Gasteiger partial charge is 0.308 e. The maximum Gasteiger partial charge on any atom is 0.308 e. The van der Waals surface area contributed by atoms with Crippen molar-refractivity contribution in [2.75, 3.05) is 13.7 Å². The summed E-state index contributed by atoms with van der Waals surface area (Å²) in [5.41, 5.74) is 0. The number of hydrogen-bond acceptors (Lipinski definition) is 5. The third-order valence-electron chi connectivity index (χ3n) is 4.27. The Morgan fingerprint density at radius 3 is 2.71 bits per heavy atom. The molecule has 0 saturated heterocycles. The summed E-state index contributed by atoms with van der Waals surface area (Å²) in [5.74, 6) is 0.803. The number of aryl methyl sites for hydroxylation is 1. The molecular weight excluding hydrogens is 324 g/mol. The highest BCUT2D eigenvalue weighted by atomic mass is 32.1. The molecule has 24 heavy (non-hydrogen) atoms. The van der Waals surface area contributed by atoms with E-state index < -0.39 is 0 Å². The largest absolute Gasteiger partial charge is 0.466 e. The zero-order valence-corrected chi connectivity index (χ0v) is 15.6. The van der Waals surface area contributed by atoms with Gasteiger partial charge in [-0.25, -0.2) is 4.98 Å². The molecule has 0 bridgehead atoms. The number of esters is 1. The van der Waals surface area contributed by atoms with E-state index in [9.17, 15) is 4.79 Å². The molecule has 2 N–H and O–H groups in total. The molecule has 0 aromatic carbocycles. The second kappa shape index (κ2) is 9.61. The van der Waals surface area contributed by atoms with Gasteiger partial charge in [0.25, 0.3) is 0 Å². The lowest BCUT2D eigenvalue weighted by molar-refractivity contribution is -0.149. The zero-order valence-electron chi connectivity index (χ0n) is 14.8. The number of ether oxygens (including phenoxy) is 1. The average Bonchev–Trinajstić information content (AvgIpc) is 3.07. The zero-order chi connectivity index (χ0) is 17.4. The second-order valence-corrected chi connectivity index (χ2v) is 7.14. The van der Waals surface area contributed by atoms with Crippen molar-refractivity contribution in [2.45, 2.75) is 58.5 Å². The lowest BCUT2D eigenvalue weighted by Gasteiger charge is -2.29. The molecule has 1 heterocycles. The minimum absolute atomic E-state index is 0.0473. The Bertz CT molecular complexity index is 551. The van der Waals surface area contributed by atoms with E-state index in [1.54, 1.807) is 18.4 Å². The van der Waals surface area contributed by atoms with Gasteiger partial charge in [0.1, 0.15) is 5.01 Å². The number of thiazole rings is 1. The van der Waals surface area contributed by atoms with Crippen molar-refractivity contribution in [3.63, 3.8) is 0 Å². The average molecular weight is 353 g/mol. The Morgan fingerprint density at radius 2 is 2.12 bits per heavy atom. The fourth-order valence-electron chi connectivity index (χ4n) is 2.87. The van der Waals surface area contributed by atoms with Gasteiger partial charge in [-0.15, -0.1) is 11.3 Å². The fraction of sp³-hybridized carbons (Fsp3) is 0.706. The molecule has 1 aromatic rings. The SMILES string of the molecule is CCOC(=O)C1CCC(NC(=NC)NCc2ncc(CC)s2)CC1. The van der Waals surface area contributed by atoms with Gasteiger partial charge < -0.3 is 15.4 Å². The Kier molecular flexibility index (Phi) is 7.49. The summed E-state index contributed by atoms with van der Waals surface area (Å²) < 4.78 is 5.12. The van der Waals surface area contributed by atoms with Crippen molar-refractivity contribution < 1.29 is 9.53 Å². The minimum Gasteiger partial charge on any atom is -0.466 e. The van der Waals surface area contributed by atoms with Crippen LogP contribution in [0.2, 0.25) is 0 Å². The number of guanidine groups is 1. The van der Waals surface area contributed by atoms with Crippen molar-refractivity contribution in [3.05, 3.63) is 16.1 Å². The Hall–Kier alpha value is -1.63. The van der Waals surface area contributed by atoms with Crippen LogP contribution in [0.25, 0.3) is 0 Å². The molecule has 0 atom stereocenters. The van der Waals surface area contributed by atoms with E-state index in [2.05, 4.69) is 27.5 Å². The summed E-state index contributed by atoms with van der Waals surface area (Å²) >= 11 is 1.73. The lowest BCUT2D eigenvalue weighted by atomic mass is 9.86. The van der Waals surface area contributed by atoms with Gasteiger partial charge in [-0.05, 0) is 39.0 Å². The fourth-order valence-corrected chi connectivity index (χ4v) is 3.68. The van der Waals surface area contributed by atoms with Crippen LogP contribution in [0, 0.1) is 5.92 Å². The Labute approximate surface area is 148 Å². The number of aromatic nitrogens is 1. The first-order chi connectivity index (χ1) is 11.7. The summed E-state index contributed by atoms with van der Waals surface area (Å²) in [4.78, 5) is 21.8. The van der Waals surface area contributed by atoms with Gasteiger partial charge in [0.15, 0.2) is 5.96 Å². The van der Waals surface area contributed by atoms with Crippen LogP contribution in [0.3, 0.4) is 0 Å². The van der Waals surface area contributed by atoms with Gasteiger partial charge in [-0.3, -0.25) is 9.79 Å². The second-order valence-electron chi connectivity index (χ2n) is 5.94. The van der Waals surface area contributed by atoms with Crippen molar-refractivity contribution in [2.24, 2.45) is 10.9 Å². The molecule has 0 spiro atoms. The molecule has 1 aliphatic carbocycles. The Balaban J connectivity index is 1.74. The van der Waals surface area contributed by atoms with Crippen LogP contribution in [0.5, 0.6) is 0 Å². The summed E-state index contributed by atoms with van der Waals surface area (Å²) in [6.07, 6.45) is 6.63. The predicted molar refractivity (Wildman–Crippen MR) is 97.2 cm³/mol. The molecule has 1 aliphatic rings. The highest BCUT2D eigenvalue weighted by Crippen LogP contribution is 2.25.